The second-order valence-corrected chi connectivity index (χ2v) is 5.01. The van der Waals surface area contributed by atoms with Gasteiger partial charge in [-0.15, -0.1) is 0 Å². The monoisotopic (exact) mass is 289 g/mol. The molecule has 0 bridgehead atoms. The van der Waals surface area contributed by atoms with Crippen molar-refractivity contribution in [2.75, 3.05) is 39.6 Å². The van der Waals surface area contributed by atoms with Gasteiger partial charge in [-0.05, 0) is 37.0 Å². The van der Waals surface area contributed by atoms with E-state index >= 15 is 0 Å². The van der Waals surface area contributed by atoms with Crippen molar-refractivity contribution in [3.05, 3.63) is 29.8 Å². The fourth-order valence-corrected chi connectivity index (χ4v) is 2.20. The molecular weight excluding hydrogens is 266 g/mol. The maximum atomic E-state index is 5.67. The van der Waals surface area contributed by atoms with E-state index < -0.39 is 0 Å². The van der Waals surface area contributed by atoms with Crippen molar-refractivity contribution >= 4 is 0 Å². The Morgan fingerprint density at radius 2 is 2.10 bits per heavy atom. The summed E-state index contributed by atoms with van der Waals surface area (Å²) >= 11 is 0. The lowest BCUT2D eigenvalue weighted by atomic mass is 10.0. The molecule has 114 valence electrons. The Morgan fingerprint density at radius 1 is 1.24 bits per heavy atom. The zero-order valence-corrected chi connectivity index (χ0v) is 12.3. The number of hydrogen-bond acceptors (Lipinski definition) is 4. The van der Waals surface area contributed by atoms with Crippen molar-refractivity contribution in [2.24, 2.45) is 11.7 Å². The summed E-state index contributed by atoms with van der Waals surface area (Å²) in [5.41, 5.74) is 6.28. The molecule has 1 fully saturated rings. The summed E-state index contributed by atoms with van der Waals surface area (Å²) in [7, 11) is 0. The van der Waals surface area contributed by atoms with Crippen LogP contribution in [0, 0.1) is 17.8 Å². The molecule has 1 aliphatic heterocycles. The molecule has 0 atom stereocenters. The molecular formula is C17H23NO3. The lowest BCUT2D eigenvalue weighted by Gasteiger charge is -2.21. The molecule has 2 N–H and O–H groups in total. The molecule has 2 rings (SSSR count). The minimum Gasteiger partial charge on any atom is -0.491 e. The largest absolute Gasteiger partial charge is 0.491 e. The molecule has 4 heteroatoms. The van der Waals surface area contributed by atoms with Crippen LogP contribution in [0.25, 0.3) is 0 Å². The molecule has 0 aliphatic carbocycles. The van der Waals surface area contributed by atoms with Gasteiger partial charge in [0, 0.05) is 25.4 Å². The fraction of sp³-hybridized carbons (Fsp3) is 0.529. The van der Waals surface area contributed by atoms with Crippen LogP contribution in [0.1, 0.15) is 18.4 Å². The van der Waals surface area contributed by atoms with Crippen LogP contribution >= 0.6 is 0 Å². The van der Waals surface area contributed by atoms with Crippen LogP contribution in [0.5, 0.6) is 5.75 Å². The number of rotatable bonds is 6. The SMILES string of the molecule is NCC#Cc1cccc(OCCOCC2CCOCC2)c1. The molecule has 1 aliphatic rings. The summed E-state index contributed by atoms with van der Waals surface area (Å²) in [5, 5.41) is 0. The van der Waals surface area contributed by atoms with Gasteiger partial charge < -0.3 is 19.9 Å². The lowest BCUT2D eigenvalue weighted by Crippen LogP contribution is -2.21. The molecule has 0 saturated carbocycles. The van der Waals surface area contributed by atoms with E-state index in [0.29, 0.717) is 25.7 Å². The Hall–Kier alpha value is -1.54. The van der Waals surface area contributed by atoms with Gasteiger partial charge in [0.05, 0.1) is 13.2 Å². The van der Waals surface area contributed by atoms with E-state index in [9.17, 15) is 0 Å². The smallest absolute Gasteiger partial charge is 0.120 e. The Kier molecular flexibility index (Phi) is 7.10. The first-order valence-corrected chi connectivity index (χ1v) is 7.46. The Labute approximate surface area is 126 Å². The molecule has 1 heterocycles. The van der Waals surface area contributed by atoms with Gasteiger partial charge in [0.2, 0.25) is 0 Å². The molecule has 0 radical (unpaired) electrons. The van der Waals surface area contributed by atoms with Gasteiger partial charge in [-0.2, -0.15) is 0 Å². The predicted molar refractivity (Wildman–Crippen MR) is 82.2 cm³/mol. The van der Waals surface area contributed by atoms with Crippen molar-refractivity contribution in [1.82, 2.24) is 0 Å². The van der Waals surface area contributed by atoms with Gasteiger partial charge in [-0.1, -0.05) is 17.9 Å². The molecule has 1 aromatic carbocycles. The summed E-state index contributed by atoms with van der Waals surface area (Å²) in [6.45, 7) is 4.05. The average molecular weight is 289 g/mol. The summed E-state index contributed by atoms with van der Waals surface area (Å²) in [5.74, 6) is 7.27. The maximum absolute atomic E-state index is 5.67. The van der Waals surface area contributed by atoms with Crippen molar-refractivity contribution < 1.29 is 14.2 Å². The highest BCUT2D eigenvalue weighted by molar-refractivity contribution is 5.39. The predicted octanol–water partition coefficient (Wildman–Crippen LogP) is 1.82. The summed E-state index contributed by atoms with van der Waals surface area (Å²) in [4.78, 5) is 0. The number of nitrogens with two attached hydrogens (primary N) is 1. The van der Waals surface area contributed by atoms with Gasteiger partial charge in [0.25, 0.3) is 0 Å². The van der Waals surface area contributed by atoms with E-state index in [4.69, 9.17) is 19.9 Å². The Balaban J connectivity index is 1.64. The van der Waals surface area contributed by atoms with Gasteiger partial charge in [0.1, 0.15) is 12.4 Å². The first-order valence-electron chi connectivity index (χ1n) is 7.46. The van der Waals surface area contributed by atoms with E-state index in [1.54, 1.807) is 0 Å². The third-order valence-electron chi connectivity index (χ3n) is 3.36. The van der Waals surface area contributed by atoms with E-state index in [1.165, 1.54) is 0 Å². The van der Waals surface area contributed by atoms with Gasteiger partial charge in [0.15, 0.2) is 0 Å². The molecule has 1 saturated heterocycles. The van der Waals surface area contributed by atoms with Crippen molar-refractivity contribution in [3.8, 4) is 17.6 Å². The second kappa shape index (κ2) is 9.41. The quantitative estimate of drug-likeness (QED) is 0.641. The van der Waals surface area contributed by atoms with Crippen LogP contribution in [-0.4, -0.2) is 39.6 Å². The van der Waals surface area contributed by atoms with Crippen molar-refractivity contribution in [1.29, 1.82) is 0 Å². The third-order valence-corrected chi connectivity index (χ3v) is 3.36. The van der Waals surface area contributed by atoms with E-state index in [0.717, 1.165) is 44.0 Å². The normalized spacial score (nSPS) is 15.3. The highest BCUT2D eigenvalue weighted by Gasteiger charge is 2.13. The number of ether oxygens (including phenoxy) is 3. The first kappa shape index (κ1) is 15.8. The standard InChI is InChI=1S/C17H23NO3/c18-8-2-4-15-3-1-5-17(13-15)21-12-11-20-14-16-6-9-19-10-7-16/h1,3,5,13,16H,6-12,14,18H2. The molecule has 4 nitrogen and oxygen atoms in total. The molecule has 1 aromatic rings. The van der Waals surface area contributed by atoms with Crippen LogP contribution in [0.4, 0.5) is 0 Å². The Bertz CT molecular complexity index is 472. The molecule has 0 aromatic heterocycles. The number of benzene rings is 1. The molecule has 21 heavy (non-hydrogen) atoms. The van der Waals surface area contributed by atoms with Crippen LogP contribution in [0.3, 0.4) is 0 Å². The highest BCUT2D eigenvalue weighted by Crippen LogP contribution is 2.15. The number of hydrogen-bond donors (Lipinski definition) is 1. The van der Waals surface area contributed by atoms with Gasteiger partial charge in [-0.3, -0.25) is 0 Å². The van der Waals surface area contributed by atoms with Gasteiger partial charge in [-0.25, -0.2) is 0 Å². The molecule has 0 spiro atoms. The fourth-order valence-electron chi connectivity index (χ4n) is 2.20. The third kappa shape index (κ3) is 6.17. The van der Waals surface area contributed by atoms with E-state index in [-0.39, 0.29) is 0 Å². The zero-order chi connectivity index (χ0) is 14.8. The van der Waals surface area contributed by atoms with Crippen molar-refractivity contribution in [3.63, 3.8) is 0 Å². The topological polar surface area (TPSA) is 53.7 Å². The van der Waals surface area contributed by atoms with Crippen LogP contribution < -0.4 is 10.5 Å². The summed E-state index contributed by atoms with van der Waals surface area (Å²) in [6, 6.07) is 7.71. The second-order valence-electron chi connectivity index (χ2n) is 5.01. The molecule has 0 unspecified atom stereocenters. The van der Waals surface area contributed by atoms with Crippen LogP contribution in [-0.2, 0) is 9.47 Å². The average Bonchev–Trinajstić information content (AvgIpc) is 2.54. The summed E-state index contributed by atoms with van der Waals surface area (Å²) < 4.78 is 16.7. The Morgan fingerprint density at radius 3 is 2.90 bits per heavy atom. The summed E-state index contributed by atoms with van der Waals surface area (Å²) in [6.07, 6.45) is 2.20. The zero-order valence-electron chi connectivity index (χ0n) is 12.3. The van der Waals surface area contributed by atoms with Crippen LogP contribution in [0.15, 0.2) is 24.3 Å². The lowest BCUT2D eigenvalue weighted by molar-refractivity contribution is 0.0139. The first-order chi connectivity index (χ1) is 10.4. The minimum atomic E-state index is 0.366. The van der Waals surface area contributed by atoms with Crippen molar-refractivity contribution in [2.45, 2.75) is 12.8 Å². The van der Waals surface area contributed by atoms with E-state index in [2.05, 4.69) is 11.8 Å². The minimum absolute atomic E-state index is 0.366. The maximum Gasteiger partial charge on any atom is 0.120 e. The van der Waals surface area contributed by atoms with Gasteiger partial charge >= 0.3 is 0 Å². The van der Waals surface area contributed by atoms with Crippen LogP contribution in [0.2, 0.25) is 0 Å². The van der Waals surface area contributed by atoms with E-state index in [1.807, 2.05) is 24.3 Å². The molecule has 0 amide bonds. The highest BCUT2D eigenvalue weighted by atomic mass is 16.5.